The zero-order valence-corrected chi connectivity index (χ0v) is 14.5. The van der Waals surface area contributed by atoms with Gasteiger partial charge in [-0.2, -0.15) is 0 Å². The van der Waals surface area contributed by atoms with E-state index in [1.165, 1.54) is 19.3 Å². The Bertz CT molecular complexity index is 725. The fourth-order valence-electron chi connectivity index (χ4n) is 3.71. The molecule has 2 aromatic rings. The van der Waals surface area contributed by atoms with Crippen LogP contribution in [0.1, 0.15) is 32.6 Å². The van der Waals surface area contributed by atoms with Crippen molar-refractivity contribution in [1.29, 1.82) is 0 Å². The second kappa shape index (κ2) is 6.82. The molecule has 2 atom stereocenters. The molecule has 3 heterocycles. The van der Waals surface area contributed by atoms with Crippen molar-refractivity contribution in [3.63, 3.8) is 0 Å². The molecule has 0 aromatic carbocycles. The van der Waals surface area contributed by atoms with E-state index < -0.39 is 0 Å². The molecule has 2 aromatic heterocycles. The highest BCUT2D eigenvalue weighted by atomic mass is 16.2. The molecule has 0 unspecified atom stereocenters. The number of anilines is 1. The van der Waals surface area contributed by atoms with E-state index in [-0.39, 0.29) is 11.8 Å². The van der Waals surface area contributed by atoms with Crippen LogP contribution < -0.4 is 10.2 Å². The molecule has 0 radical (unpaired) electrons. The molecule has 2 aliphatic rings. The van der Waals surface area contributed by atoms with Gasteiger partial charge in [-0.25, -0.2) is 15.0 Å². The van der Waals surface area contributed by atoms with Crippen LogP contribution in [0.4, 0.5) is 5.82 Å². The number of hydrogen-bond donors (Lipinski definition) is 1. The second-order valence-electron chi connectivity index (χ2n) is 7.18. The number of carbonyl (C=O) groups is 1. The summed E-state index contributed by atoms with van der Waals surface area (Å²) in [5, 5.41) is 3.27. The van der Waals surface area contributed by atoms with Crippen molar-refractivity contribution in [2.45, 2.75) is 38.6 Å². The minimum absolute atomic E-state index is 0.0563. The van der Waals surface area contributed by atoms with Crippen molar-refractivity contribution in [2.75, 3.05) is 18.0 Å². The maximum atomic E-state index is 12.5. The van der Waals surface area contributed by atoms with Crippen LogP contribution in [0.3, 0.4) is 0 Å². The molecular weight excluding hydrogens is 316 g/mol. The van der Waals surface area contributed by atoms with E-state index in [1.54, 1.807) is 18.9 Å². The molecule has 1 N–H and O–H groups in total. The Morgan fingerprint density at radius 2 is 2.00 bits per heavy atom. The summed E-state index contributed by atoms with van der Waals surface area (Å²) in [5.74, 6) is 2.48. The largest absolute Gasteiger partial charge is 0.355 e. The van der Waals surface area contributed by atoms with Crippen molar-refractivity contribution < 1.29 is 4.79 Å². The molecule has 1 aliphatic heterocycles. The van der Waals surface area contributed by atoms with Gasteiger partial charge < -0.3 is 10.2 Å². The minimum Gasteiger partial charge on any atom is -0.355 e. The molecule has 1 saturated carbocycles. The average molecular weight is 340 g/mol. The predicted molar refractivity (Wildman–Crippen MR) is 94.4 cm³/mol. The van der Waals surface area contributed by atoms with Gasteiger partial charge in [-0.15, -0.1) is 0 Å². The lowest BCUT2D eigenvalue weighted by atomic mass is 9.85. The van der Waals surface area contributed by atoms with Gasteiger partial charge >= 0.3 is 0 Å². The van der Waals surface area contributed by atoms with Gasteiger partial charge in [-0.05, 0) is 18.8 Å². The number of aromatic nitrogens is 4. The summed E-state index contributed by atoms with van der Waals surface area (Å²) in [6.45, 7) is 3.68. The first kappa shape index (κ1) is 16.1. The van der Waals surface area contributed by atoms with Crippen LogP contribution in [0.15, 0.2) is 31.1 Å². The first-order valence-electron chi connectivity index (χ1n) is 9.06. The Labute approximate surface area is 147 Å². The third kappa shape index (κ3) is 3.36. The molecule has 7 nitrogen and oxygen atoms in total. The molecule has 4 rings (SSSR count). The summed E-state index contributed by atoms with van der Waals surface area (Å²) in [6, 6.07) is 2.28. The van der Waals surface area contributed by atoms with Gasteiger partial charge in [0.2, 0.25) is 5.91 Å². The smallest absolute Gasteiger partial charge is 0.226 e. The standard InChI is InChI=1S/C18H24N6O/c1-13-4-2-3-5-15(13)22-18(25)14-9-24(10-14)17-8-16(20-11-21-17)23-7-6-19-12-23/h6-8,11-15H,2-5,9-10H2,1H3,(H,22,25)/t13-,15+/m1/s1. The number of carbonyl (C=O) groups excluding carboxylic acids is 1. The summed E-state index contributed by atoms with van der Waals surface area (Å²) in [5.41, 5.74) is 0. The number of rotatable bonds is 4. The van der Waals surface area contributed by atoms with Gasteiger partial charge in [0, 0.05) is 37.6 Å². The highest BCUT2D eigenvalue weighted by Crippen LogP contribution is 2.27. The van der Waals surface area contributed by atoms with Crippen LogP contribution in [-0.2, 0) is 4.79 Å². The molecule has 25 heavy (non-hydrogen) atoms. The minimum atomic E-state index is 0.0563. The summed E-state index contributed by atoms with van der Waals surface area (Å²) in [7, 11) is 0. The Balaban J connectivity index is 1.34. The molecule has 132 valence electrons. The summed E-state index contributed by atoms with van der Waals surface area (Å²) >= 11 is 0. The maximum absolute atomic E-state index is 12.5. The number of hydrogen-bond acceptors (Lipinski definition) is 5. The van der Waals surface area contributed by atoms with Gasteiger partial charge in [-0.3, -0.25) is 9.36 Å². The van der Waals surface area contributed by atoms with E-state index in [9.17, 15) is 4.79 Å². The number of imidazole rings is 1. The van der Waals surface area contributed by atoms with Gasteiger partial charge in [0.05, 0.1) is 5.92 Å². The Morgan fingerprint density at radius 3 is 2.76 bits per heavy atom. The third-order valence-electron chi connectivity index (χ3n) is 5.42. The van der Waals surface area contributed by atoms with Crippen LogP contribution >= 0.6 is 0 Å². The molecule has 0 spiro atoms. The zero-order chi connectivity index (χ0) is 17.2. The maximum Gasteiger partial charge on any atom is 0.226 e. The van der Waals surface area contributed by atoms with Gasteiger partial charge in [-0.1, -0.05) is 19.8 Å². The monoisotopic (exact) mass is 340 g/mol. The van der Waals surface area contributed by atoms with Gasteiger partial charge in [0.15, 0.2) is 0 Å². The Kier molecular flexibility index (Phi) is 4.38. The van der Waals surface area contributed by atoms with E-state index in [0.29, 0.717) is 25.0 Å². The Morgan fingerprint density at radius 1 is 1.20 bits per heavy atom. The zero-order valence-electron chi connectivity index (χ0n) is 14.5. The first-order chi connectivity index (χ1) is 12.2. The summed E-state index contributed by atoms with van der Waals surface area (Å²) < 4.78 is 1.85. The molecule has 1 saturated heterocycles. The van der Waals surface area contributed by atoms with E-state index >= 15 is 0 Å². The van der Waals surface area contributed by atoms with Gasteiger partial charge in [0.1, 0.15) is 24.3 Å². The van der Waals surface area contributed by atoms with E-state index in [4.69, 9.17) is 0 Å². The number of amides is 1. The topological polar surface area (TPSA) is 75.9 Å². The van der Waals surface area contributed by atoms with Crippen molar-refractivity contribution in [3.8, 4) is 5.82 Å². The lowest BCUT2D eigenvalue weighted by molar-refractivity contribution is -0.127. The van der Waals surface area contributed by atoms with Crippen LogP contribution in [0.2, 0.25) is 0 Å². The highest BCUT2D eigenvalue weighted by molar-refractivity contribution is 5.82. The lowest BCUT2D eigenvalue weighted by Crippen LogP contribution is -2.56. The first-order valence-corrected chi connectivity index (χ1v) is 9.06. The second-order valence-corrected chi connectivity index (χ2v) is 7.18. The fourth-order valence-corrected chi connectivity index (χ4v) is 3.71. The third-order valence-corrected chi connectivity index (χ3v) is 5.42. The van der Waals surface area contributed by atoms with Crippen molar-refractivity contribution in [3.05, 3.63) is 31.1 Å². The van der Waals surface area contributed by atoms with Crippen LogP contribution in [0.5, 0.6) is 0 Å². The normalized spacial score (nSPS) is 24.0. The summed E-state index contributed by atoms with van der Waals surface area (Å²) in [6.07, 6.45) is 11.7. The average Bonchev–Trinajstić information content (AvgIpc) is 3.10. The molecule has 1 aliphatic carbocycles. The van der Waals surface area contributed by atoms with Crippen molar-refractivity contribution >= 4 is 11.7 Å². The molecule has 0 bridgehead atoms. The van der Waals surface area contributed by atoms with E-state index in [1.807, 2.05) is 16.8 Å². The molecule has 1 amide bonds. The molecule has 7 heteroatoms. The SMILES string of the molecule is C[C@@H]1CCCC[C@@H]1NC(=O)C1CN(c2cc(-n3ccnc3)ncn2)C1. The van der Waals surface area contributed by atoms with Crippen molar-refractivity contribution in [2.24, 2.45) is 11.8 Å². The fraction of sp³-hybridized carbons (Fsp3) is 0.556. The summed E-state index contributed by atoms with van der Waals surface area (Å²) in [4.78, 5) is 27.3. The van der Waals surface area contributed by atoms with E-state index in [0.717, 1.165) is 18.1 Å². The Hall–Kier alpha value is -2.44. The van der Waals surface area contributed by atoms with Crippen LogP contribution in [0, 0.1) is 11.8 Å². The van der Waals surface area contributed by atoms with Crippen LogP contribution in [-0.4, -0.2) is 44.6 Å². The molecular formula is C18H24N6O. The van der Waals surface area contributed by atoms with Gasteiger partial charge in [0.25, 0.3) is 0 Å². The predicted octanol–water partition coefficient (Wildman–Crippen LogP) is 1.79. The quantitative estimate of drug-likeness (QED) is 0.918. The van der Waals surface area contributed by atoms with Crippen molar-refractivity contribution in [1.82, 2.24) is 24.8 Å². The highest BCUT2D eigenvalue weighted by Gasteiger charge is 2.35. The number of nitrogens with one attached hydrogen (secondary N) is 1. The van der Waals surface area contributed by atoms with E-state index in [2.05, 4.69) is 32.1 Å². The molecule has 2 fully saturated rings. The lowest BCUT2D eigenvalue weighted by Gasteiger charge is -2.40. The van der Waals surface area contributed by atoms with Crippen LogP contribution in [0.25, 0.3) is 5.82 Å². The number of nitrogens with zero attached hydrogens (tertiary/aromatic N) is 5.